The molecular formula is C21H22F3N3O2S2. The molecule has 1 aromatic heterocycles. The molecule has 0 radical (unpaired) electrons. The molecule has 0 atom stereocenters. The number of thiocarbonyl (C=S) groups is 1. The first kappa shape index (κ1) is 23.2. The lowest BCUT2D eigenvalue weighted by Crippen LogP contribution is -2.21. The number of nitrogens with two attached hydrogens (primary N) is 1. The lowest BCUT2D eigenvalue weighted by atomic mass is 10.0. The number of hydrogen-bond acceptors (Lipinski definition) is 3. The van der Waals surface area contributed by atoms with Crippen molar-refractivity contribution in [3.8, 4) is 11.1 Å². The average Bonchev–Trinajstić information content (AvgIpc) is 3.03. The highest BCUT2D eigenvalue weighted by molar-refractivity contribution is 7.88. The number of alkyl halides is 3. The van der Waals surface area contributed by atoms with Gasteiger partial charge in [-0.3, -0.25) is 0 Å². The maximum atomic E-state index is 12.6. The van der Waals surface area contributed by atoms with Crippen molar-refractivity contribution in [3.05, 3.63) is 59.8 Å². The molecule has 5 nitrogen and oxygen atoms in total. The van der Waals surface area contributed by atoms with Gasteiger partial charge in [-0.2, -0.15) is 13.2 Å². The smallest absolute Gasteiger partial charge is 0.389 e. The summed E-state index contributed by atoms with van der Waals surface area (Å²) in [5.74, 6) is 0. The highest BCUT2D eigenvalue weighted by Crippen LogP contribution is 2.33. The molecule has 166 valence electrons. The van der Waals surface area contributed by atoms with Gasteiger partial charge in [0.1, 0.15) is 4.99 Å². The Balaban J connectivity index is 2.04. The number of nitrogens with zero attached hydrogens (tertiary/aromatic N) is 1. The van der Waals surface area contributed by atoms with Gasteiger partial charge in [-0.25, -0.2) is 13.1 Å². The van der Waals surface area contributed by atoms with E-state index in [9.17, 15) is 21.6 Å². The molecule has 2 aromatic carbocycles. The molecule has 0 spiro atoms. The summed E-state index contributed by atoms with van der Waals surface area (Å²) in [6.07, 6.45) is -2.28. The molecule has 3 rings (SSSR count). The summed E-state index contributed by atoms with van der Waals surface area (Å²) < 4.78 is 64.9. The number of halogens is 3. The third-order valence-electron chi connectivity index (χ3n) is 4.80. The number of fused-ring (bicyclic) bond motifs is 1. The first-order valence-electron chi connectivity index (χ1n) is 9.46. The van der Waals surface area contributed by atoms with Crippen LogP contribution in [-0.2, 0) is 23.1 Å². The highest BCUT2D eigenvalue weighted by atomic mass is 32.2. The Kier molecular flexibility index (Phi) is 6.73. The van der Waals surface area contributed by atoms with Crippen molar-refractivity contribution in [2.45, 2.75) is 32.1 Å². The number of hydrogen-bond donors (Lipinski definition) is 2. The van der Waals surface area contributed by atoms with Crippen LogP contribution < -0.4 is 10.5 Å². The predicted molar refractivity (Wildman–Crippen MR) is 120 cm³/mol. The van der Waals surface area contributed by atoms with E-state index in [0.29, 0.717) is 11.1 Å². The van der Waals surface area contributed by atoms with Crippen LogP contribution in [0.15, 0.2) is 48.7 Å². The summed E-state index contributed by atoms with van der Waals surface area (Å²) in [7, 11) is -3.37. The molecule has 0 aliphatic heterocycles. The largest absolute Gasteiger partial charge is 0.389 e. The summed E-state index contributed by atoms with van der Waals surface area (Å²) in [6, 6.07) is 12.8. The van der Waals surface area contributed by atoms with Gasteiger partial charge in [-0.1, -0.05) is 42.5 Å². The highest BCUT2D eigenvalue weighted by Gasteiger charge is 2.26. The second-order valence-corrected chi connectivity index (χ2v) is 9.62. The van der Waals surface area contributed by atoms with Gasteiger partial charge in [0, 0.05) is 47.7 Å². The van der Waals surface area contributed by atoms with E-state index in [0.717, 1.165) is 28.3 Å². The number of rotatable bonds is 8. The Morgan fingerprint density at radius 1 is 1.19 bits per heavy atom. The van der Waals surface area contributed by atoms with Crippen LogP contribution >= 0.6 is 12.2 Å². The zero-order valence-corrected chi connectivity index (χ0v) is 18.4. The van der Waals surface area contributed by atoms with Crippen LogP contribution in [0.5, 0.6) is 0 Å². The first-order valence-corrected chi connectivity index (χ1v) is 11.8. The maximum Gasteiger partial charge on any atom is 0.389 e. The number of nitrogens with one attached hydrogen (secondary N) is 1. The van der Waals surface area contributed by atoms with Crippen molar-refractivity contribution in [2.24, 2.45) is 5.73 Å². The molecule has 0 saturated heterocycles. The summed E-state index contributed by atoms with van der Waals surface area (Å²) in [5, 5.41) is 0.843. The number of benzene rings is 2. The van der Waals surface area contributed by atoms with Crippen LogP contribution in [0.3, 0.4) is 0 Å². The van der Waals surface area contributed by atoms with E-state index in [1.165, 1.54) is 0 Å². The van der Waals surface area contributed by atoms with Gasteiger partial charge in [0.05, 0.1) is 6.26 Å². The molecule has 3 N–H and O–H groups in total. The van der Waals surface area contributed by atoms with Gasteiger partial charge in [0.15, 0.2) is 0 Å². The van der Waals surface area contributed by atoms with E-state index >= 15 is 0 Å². The van der Waals surface area contributed by atoms with Crippen LogP contribution in [0, 0.1) is 0 Å². The second-order valence-electron chi connectivity index (χ2n) is 7.34. The van der Waals surface area contributed by atoms with Gasteiger partial charge in [-0.05, 0) is 29.7 Å². The molecule has 3 aromatic rings. The van der Waals surface area contributed by atoms with Crippen LogP contribution in [0.4, 0.5) is 13.2 Å². The quantitative estimate of drug-likeness (QED) is 0.482. The molecule has 0 fully saturated rings. The minimum Gasteiger partial charge on any atom is -0.389 e. The van der Waals surface area contributed by atoms with Crippen LogP contribution in [0.1, 0.15) is 24.0 Å². The fourth-order valence-electron chi connectivity index (χ4n) is 3.37. The molecule has 31 heavy (non-hydrogen) atoms. The lowest BCUT2D eigenvalue weighted by Gasteiger charge is -2.09. The number of aromatic nitrogens is 1. The van der Waals surface area contributed by atoms with Gasteiger partial charge in [-0.15, -0.1) is 0 Å². The first-order chi connectivity index (χ1) is 14.4. The lowest BCUT2D eigenvalue weighted by molar-refractivity contribution is -0.135. The van der Waals surface area contributed by atoms with Crippen molar-refractivity contribution in [1.29, 1.82) is 0 Å². The monoisotopic (exact) mass is 469 g/mol. The van der Waals surface area contributed by atoms with Crippen molar-refractivity contribution in [2.75, 3.05) is 6.26 Å². The molecule has 10 heteroatoms. The van der Waals surface area contributed by atoms with Gasteiger partial charge < -0.3 is 10.3 Å². The Labute approximate surface area is 184 Å². The van der Waals surface area contributed by atoms with Crippen molar-refractivity contribution in [3.63, 3.8) is 0 Å². The van der Waals surface area contributed by atoms with Gasteiger partial charge in [0.25, 0.3) is 0 Å². The summed E-state index contributed by atoms with van der Waals surface area (Å²) >= 11 is 5.05. The molecule has 0 saturated carbocycles. The SMILES string of the molecule is CS(=O)(=O)NCc1ccc2c(-c3cccc(C(N)=S)c3)cn(CCCC(F)(F)F)c2c1. The fourth-order valence-corrected chi connectivity index (χ4v) is 3.92. The van der Waals surface area contributed by atoms with Crippen molar-refractivity contribution in [1.82, 2.24) is 9.29 Å². The Bertz CT molecular complexity index is 1220. The molecular weight excluding hydrogens is 447 g/mol. The molecule has 0 bridgehead atoms. The average molecular weight is 470 g/mol. The van der Waals surface area contributed by atoms with Crippen LogP contribution in [-0.4, -0.2) is 30.4 Å². The summed E-state index contributed by atoms with van der Waals surface area (Å²) in [4.78, 5) is 0.255. The van der Waals surface area contributed by atoms with Crippen LogP contribution in [0.2, 0.25) is 0 Å². The number of sulfonamides is 1. The molecule has 0 unspecified atom stereocenters. The van der Waals surface area contributed by atoms with E-state index in [4.69, 9.17) is 18.0 Å². The summed E-state index contributed by atoms with van der Waals surface area (Å²) in [6.45, 7) is 0.267. The van der Waals surface area contributed by atoms with E-state index in [-0.39, 0.29) is 24.5 Å². The number of aryl methyl sites for hydroxylation is 1. The minimum absolute atomic E-state index is 0.0640. The van der Waals surface area contributed by atoms with Gasteiger partial charge in [0.2, 0.25) is 10.0 Å². The zero-order valence-electron chi connectivity index (χ0n) is 16.7. The molecule has 1 heterocycles. The van der Waals surface area contributed by atoms with E-state index < -0.39 is 22.6 Å². The third-order valence-corrected chi connectivity index (χ3v) is 5.71. The van der Waals surface area contributed by atoms with Crippen molar-refractivity contribution < 1.29 is 21.6 Å². The minimum atomic E-state index is -4.22. The Morgan fingerprint density at radius 2 is 1.94 bits per heavy atom. The normalized spacial score (nSPS) is 12.4. The third kappa shape index (κ3) is 6.28. The van der Waals surface area contributed by atoms with E-state index in [2.05, 4.69) is 4.72 Å². The molecule has 0 amide bonds. The standard InChI is InChI=1S/C21H22F3N3O2S2/c1-31(28,29)26-12-14-6-7-17-18(15-4-2-5-16(11-15)20(25)30)13-27(19(17)10-14)9-3-8-21(22,23)24/h2,4-7,10-11,13,26H,3,8-9,12H2,1H3,(H2,25,30). The van der Waals surface area contributed by atoms with E-state index in [1.807, 2.05) is 30.5 Å². The Morgan fingerprint density at radius 3 is 2.58 bits per heavy atom. The second kappa shape index (κ2) is 8.97. The fraction of sp³-hybridized carbons (Fsp3) is 0.286. The maximum absolute atomic E-state index is 12.6. The summed E-state index contributed by atoms with van der Waals surface area (Å²) in [5.41, 5.74) is 9.54. The zero-order chi connectivity index (χ0) is 22.8. The topological polar surface area (TPSA) is 77.1 Å². The Hall–Kier alpha value is -2.43. The van der Waals surface area contributed by atoms with Crippen LogP contribution in [0.25, 0.3) is 22.0 Å². The predicted octanol–water partition coefficient (Wildman–Crippen LogP) is 4.33. The van der Waals surface area contributed by atoms with Gasteiger partial charge >= 0.3 is 6.18 Å². The molecule has 0 aliphatic carbocycles. The van der Waals surface area contributed by atoms with E-state index in [1.54, 1.807) is 22.8 Å². The van der Waals surface area contributed by atoms with Crippen molar-refractivity contribution >= 4 is 38.1 Å². The molecule has 0 aliphatic rings.